The maximum Gasteiger partial charge on any atom is 0.315 e. The summed E-state index contributed by atoms with van der Waals surface area (Å²) in [6.07, 6.45) is 0.169. The van der Waals surface area contributed by atoms with Gasteiger partial charge in [0.15, 0.2) is 0 Å². The van der Waals surface area contributed by atoms with Crippen LogP contribution in [0.5, 0.6) is 11.5 Å². The molecule has 0 aliphatic heterocycles. The molecule has 0 aromatic heterocycles. The highest BCUT2D eigenvalue weighted by Gasteiger charge is 2.10. The molecule has 23 heavy (non-hydrogen) atoms. The van der Waals surface area contributed by atoms with Crippen molar-refractivity contribution in [1.29, 1.82) is 0 Å². The first kappa shape index (κ1) is 15.6. The number of benzene rings is 3. The van der Waals surface area contributed by atoms with E-state index in [0.717, 1.165) is 20.8 Å². The highest BCUT2D eigenvalue weighted by Crippen LogP contribution is 2.25. The maximum absolute atomic E-state index is 12.2. The van der Waals surface area contributed by atoms with Gasteiger partial charge >= 0.3 is 5.97 Å². The monoisotopic (exact) mass is 370 g/mol. The van der Waals surface area contributed by atoms with Crippen molar-refractivity contribution in [3.05, 3.63) is 70.7 Å². The minimum Gasteiger partial charge on any atom is -0.496 e. The van der Waals surface area contributed by atoms with Gasteiger partial charge in [-0.2, -0.15) is 0 Å². The quantitative estimate of drug-likeness (QED) is 0.490. The second-order valence-corrected chi connectivity index (χ2v) is 6.03. The first-order valence-corrected chi connectivity index (χ1v) is 7.97. The molecule has 0 saturated heterocycles. The lowest BCUT2D eigenvalue weighted by atomic mass is 10.1. The lowest BCUT2D eigenvalue weighted by Gasteiger charge is -2.09. The molecule has 0 aliphatic rings. The summed E-state index contributed by atoms with van der Waals surface area (Å²) in [6, 6.07) is 19.0. The van der Waals surface area contributed by atoms with Gasteiger partial charge in [0.2, 0.25) is 0 Å². The molecule has 3 rings (SSSR count). The number of esters is 1. The molecule has 0 N–H and O–H groups in total. The van der Waals surface area contributed by atoms with Crippen molar-refractivity contribution in [2.45, 2.75) is 6.42 Å². The molecule has 3 aromatic carbocycles. The number of methoxy groups -OCH3 is 1. The maximum atomic E-state index is 12.2. The molecule has 3 aromatic rings. The smallest absolute Gasteiger partial charge is 0.315 e. The van der Waals surface area contributed by atoms with Crippen molar-refractivity contribution in [3.63, 3.8) is 0 Å². The number of para-hydroxylation sites is 1. The molecule has 0 spiro atoms. The number of fused-ring (bicyclic) bond motifs is 1. The number of halogens is 1. The van der Waals surface area contributed by atoms with Crippen LogP contribution in [0.1, 0.15) is 5.56 Å². The predicted molar refractivity (Wildman–Crippen MR) is 94.0 cm³/mol. The molecule has 0 radical (unpaired) electrons. The summed E-state index contributed by atoms with van der Waals surface area (Å²) in [4.78, 5) is 12.2. The van der Waals surface area contributed by atoms with Gasteiger partial charge in [-0.25, -0.2) is 0 Å². The van der Waals surface area contributed by atoms with E-state index in [4.69, 9.17) is 9.47 Å². The lowest BCUT2D eigenvalue weighted by molar-refractivity contribution is -0.133. The topological polar surface area (TPSA) is 35.5 Å². The Bertz CT molecular complexity index is 858. The van der Waals surface area contributed by atoms with Crippen LogP contribution in [0.3, 0.4) is 0 Å². The Kier molecular flexibility index (Phi) is 4.63. The summed E-state index contributed by atoms with van der Waals surface area (Å²) >= 11 is 3.44. The van der Waals surface area contributed by atoms with Crippen molar-refractivity contribution in [3.8, 4) is 11.5 Å². The van der Waals surface area contributed by atoms with E-state index in [0.29, 0.717) is 11.5 Å². The van der Waals surface area contributed by atoms with Crippen LogP contribution in [-0.2, 0) is 11.2 Å². The molecule has 0 amide bonds. The van der Waals surface area contributed by atoms with Crippen LogP contribution >= 0.6 is 15.9 Å². The Balaban J connectivity index is 1.76. The number of hydrogen-bond acceptors (Lipinski definition) is 3. The molecule has 3 nitrogen and oxygen atoms in total. The molecule has 0 atom stereocenters. The number of ether oxygens (including phenoxy) is 2. The minimum atomic E-state index is -0.314. The Morgan fingerprint density at radius 1 is 1.00 bits per heavy atom. The fraction of sp³-hybridized carbons (Fsp3) is 0.105. The molecule has 0 saturated carbocycles. The van der Waals surface area contributed by atoms with Crippen LogP contribution in [0.4, 0.5) is 0 Å². The molecule has 0 heterocycles. The van der Waals surface area contributed by atoms with Gasteiger partial charge in [0.05, 0.1) is 13.5 Å². The van der Waals surface area contributed by atoms with Gasteiger partial charge in [-0.15, -0.1) is 0 Å². The van der Waals surface area contributed by atoms with Crippen LogP contribution in [0, 0.1) is 0 Å². The highest BCUT2D eigenvalue weighted by atomic mass is 79.9. The average Bonchev–Trinajstić information content (AvgIpc) is 2.55. The first-order chi connectivity index (χ1) is 11.2. The molecular weight excluding hydrogens is 356 g/mol. The van der Waals surface area contributed by atoms with Crippen LogP contribution in [-0.4, -0.2) is 13.1 Å². The number of rotatable bonds is 4. The van der Waals surface area contributed by atoms with Crippen LogP contribution in [0.25, 0.3) is 10.8 Å². The summed E-state index contributed by atoms with van der Waals surface area (Å²) in [5.41, 5.74) is 0.810. The number of carbonyl (C=O) groups is 1. The Morgan fingerprint density at radius 2 is 1.74 bits per heavy atom. The molecule has 4 heteroatoms. The van der Waals surface area contributed by atoms with E-state index >= 15 is 0 Å². The van der Waals surface area contributed by atoms with Gasteiger partial charge in [-0.1, -0.05) is 46.3 Å². The lowest BCUT2D eigenvalue weighted by Crippen LogP contribution is -2.11. The predicted octanol–water partition coefficient (Wildman–Crippen LogP) is 4.76. The molecule has 116 valence electrons. The van der Waals surface area contributed by atoms with E-state index in [2.05, 4.69) is 15.9 Å². The van der Waals surface area contributed by atoms with Gasteiger partial charge in [0.1, 0.15) is 11.5 Å². The largest absolute Gasteiger partial charge is 0.496 e. The van der Waals surface area contributed by atoms with Gasteiger partial charge in [-0.05, 0) is 41.1 Å². The van der Waals surface area contributed by atoms with Gasteiger partial charge in [0, 0.05) is 10.0 Å². The summed E-state index contributed by atoms with van der Waals surface area (Å²) in [6.45, 7) is 0. The summed E-state index contributed by atoms with van der Waals surface area (Å²) < 4.78 is 11.7. The fourth-order valence-corrected chi connectivity index (χ4v) is 2.81. The van der Waals surface area contributed by atoms with Crippen molar-refractivity contribution in [2.24, 2.45) is 0 Å². The fourth-order valence-electron chi connectivity index (χ4n) is 2.43. The average molecular weight is 371 g/mol. The molecular formula is C19H15BrO3. The Morgan fingerprint density at radius 3 is 2.57 bits per heavy atom. The Hall–Kier alpha value is -2.33. The highest BCUT2D eigenvalue weighted by molar-refractivity contribution is 9.10. The third-order valence-corrected chi connectivity index (χ3v) is 4.03. The van der Waals surface area contributed by atoms with E-state index in [1.165, 1.54) is 0 Å². The van der Waals surface area contributed by atoms with Crippen LogP contribution in [0.15, 0.2) is 65.1 Å². The van der Waals surface area contributed by atoms with E-state index < -0.39 is 0 Å². The van der Waals surface area contributed by atoms with E-state index in [1.807, 2.05) is 54.6 Å². The summed E-state index contributed by atoms with van der Waals surface area (Å²) in [5.74, 6) is 0.915. The van der Waals surface area contributed by atoms with Gasteiger partial charge < -0.3 is 9.47 Å². The van der Waals surface area contributed by atoms with Crippen molar-refractivity contribution < 1.29 is 14.3 Å². The van der Waals surface area contributed by atoms with Crippen molar-refractivity contribution in [2.75, 3.05) is 7.11 Å². The van der Waals surface area contributed by atoms with Crippen LogP contribution in [0.2, 0.25) is 0 Å². The van der Waals surface area contributed by atoms with E-state index in [9.17, 15) is 4.79 Å². The van der Waals surface area contributed by atoms with Crippen LogP contribution < -0.4 is 9.47 Å². The van der Waals surface area contributed by atoms with E-state index in [-0.39, 0.29) is 12.4 Å². The minimum absolute atomic E-state index is 0.169. The zero-order valence-electron chi connectivity index (χ0n) is 12.6. The number of hydrogen-bond donors (Lipinski definition) is 0. The zero-order valence-corrected chi connectivity index (χ0v) is 14.2. The number of carbonyl (C=O) groups excluding carboxylic acids is 1. The van der Waals surface area contributed by atoms with Crippen molar-refractivity contribution in [1.82, 2.24) is 0 Å². The van der Waals surface area contributed by atoms with E-state index in [1.54, 1.807) is 13.2 Å². The third kappa shape index (κ3) is 3.71. The molecule has 0 fully saturated rings. The Labute approximate surface area is 143 Å². The first-order valence-electron chi connectivity index (χ1n) is 7.17. The third-order valence-electron chi connectivity index (χ3n) is 3.53. The second kappa shape index (κ2) is 6.84. The standard InChI is InChI=1S/C19H15BrO3/c1-22-18-5-3-2-4-15(18)12-19(21)23-17-9-7-13-10-16(20)8-6-14(13)11-17/h2-11H,12H2,1H3. The normalized spacial score (nSPS) is 10.5. The van der Waals surface area contributed by atoms with Crippen molar-refractivity contribution >= 4 is 32.7 Å². The second-order valence-electron chi connectivity index (χ2n) is 5.12. The summed E-state index contributed by atoms with van der Waals surface area (Å²) in [5, 5.41) is 2.11. The zero-order chi connectivity index (χ0) is 16.2. The van der Waals surface area contributed by atoms with Gasteiger partial charge in [-0.3, -0.25) is 4.79 Å². The molecule has 0 aliphatic carbocycles. The summed E-state index contributed by atoms with van der Waals surface area (Å²) in [7, 11) is 1.59. The molecule has 0 unspecified atom stereocenters. The SMILES string of the molecule is COc1ccccc1CC(=O)Oc1ccc2cc(Br)ccc2c1. The van der Waals surface area contributed by atoms with Gasteiger partial charge in [0.25, 0.3) is 0 Å². The molecule has 0 bridgehead atoms.